The monoisotopic (exact) mass is 322 g/mol. The maximum Gasteiger partial charge on any atom is 0.251 e. The molecule has 1 amide bonds. The standard InChI is InChI=1S/C19H22N4O/c1-22(2)16-6-4-5-15(12-16)19(24)20-10-9-14-7-8-18-17(11-14)21-13-23(18)3/h4-8,11-13H,9-10H2,1-3H3,(H,20,24). The van der Waals surface area contributed by atoms with Crippen molar-refractivity contribution in [3.05, 3.63) is 59.9 Å². The van der Waals surface area contributed by atoms with Gasteiger partial charge in [0.15, 0.2) is 0 Å². The van der Waals surface area contributed by atoms with Crippen LogP contribution in [0.5, 0.6) is 0 Å². The third kappa shape index (κ3) is 3.40. The van der Waals surface area contributed by atoms with Crippen molar-refractivity contribution < 1.29 is 4.79 Å². The summed E-state index contributed by atoms with van der Waals surface area (Å²) in [5.41, 5.74) is 4.97. The van der Waals surface area contributed by atoms with E-state index in [4.69, 9.17) is 0 Å². The molecule has 1 heterocycles. The van der Waals surface area contributed by atoms with Gasteiger partial charge in [-0.3, -0.25) is 4.79 Å². The van der Waals surface area contributed by atoms with Gasteiger partial charge in [0, 0.05) is 38.9 Å². The number of hydrogen-bond donors (Lipinski definition) is 1. The van der Waals surface area contributed by atoms with Gasteiger partial charge in [0.2, 0.25) is 0 Å². The zero-order valence-corrected chi connectivity index (χ0v) is 14.3. The van der Waals surface area contributed by atoms with E-state index < -0.39 is 0 Å². The molecule has 3 aromatic rings. The number of nitrogens with zero attached hydrogens (tertiary/aromatic N) is 3. The fourth-order valence-corrected chi connectivity index (χ4v) is 2.68. The third-order valence-corrected chi connectivity index (χ3v) is 4.11. The molecule has 0 aliphatic rings. The van der Waals surface area contributed by atoms with Gasteiger partial charge in [-0.15, -0.1) is 0 Å². The molecule has 0 aliphatic heterocycles. The summed E-state index contributed by atoms with van der Waals surface area (Å²) in [5.74, 6) is -0.0439. The number of benzene rings is 2. The van der Waals surface area contributed by atoms with Gasteiger partial charge in [-0.2, -0.15) is 0 Å². The molecular weight excluding hydrogens is 300 g/mol. The Kier molecular flexibility index (Phi) is 4.51. The first-order valence-electron chi connectivity index (χ1n) is 8.00. The van der Waals surface area contributed by atoms with Gasteiger partial charge in [0.25, 0.3) is 5.91 Å². The van der Waals surface area contributed by atoms with E-state index in [1.807, 2.05) is 61.2 Å². The number of nitrogens with one attached hydrogen (secondary N) is 1. The number of aryl methyl sites for hydroxylation is 1. The van der Waals surface area contributed by atoms with Crippen LogP contribution in [-0.2, 0) is 13.5 Å². The lowest BCUT2D eigenvalue weighted by atomic mass is 10.1. The van der Waals surface area contributed by atoms with Crippen molar-refractivity contribution in [2.24, 2.45) is 7.05 Å². The predicted molar refractivity (Wildman–Crippen MR) is 97.5 cm³/mol. The molecule has 0 fully saturated rings. The van der Waals surface area contributed by atoms with Gasteiger partial charge in [0.1, 0.15) is 0 Å². The Labute approximate surface area is 141 Å². The second-order valence-electron chi connectivity index (χ2n) is 6.13. The van der Waals surface area contributed by atoms with E-state index in [0.717, 1.165) is 23.1 Å². The topological polar surface area (TPSA) is 50.2 Å². The Morgan fingerprint density at radius 2 is 2.04 bits per heavy atom. The minimum absolute atomic E-state index is 0.0439. The predicted octanol–water partition coefficient (Wildman–Crippen LogP) is 2.61. The molecule has 3 rings (SSSR count). The molecule has 0 aliphatic carbocycles. The van der Waals surface area contributed by atoms with Crippen molar-refractivity contribution in [3.63, 3.8) is 0 Å². The molecule has 5 heteroatoms. The molecule has 0 saturated carbocycles. The smallest absolute Gasteiger partial charge is 0.251 e. The summed E-state index contributed by atoms with van der Waals surface area (Å²) >= 11 is 0. The highest BCUT2D eigenvalue weighted by Crippen LogP contribution is 2.15. The highest BCUT2D eigenvalue weighted by Gasteiger charge is 2.07. The molecule has 5 nitrogen and oxygen atoms in total. The van der Waals surface area contributed by atoms with Gasteiger partial charge in [-0.1, -0.05) is 12.1 Å². The molecule has 0 radical (unpaired) electrons. The Bertz CT molecular complexity index is 867. The summed E-state index contributed by atoms with van der Waals surface area (Å²) in [5, 5.41) is 2.98. The lowest BCUT2D eigenvalue weighted by Gasteiger charge is -2.13. The van der Waals surface area contributed by atoms with Gasteiger partial charge in [-0.25, -0.2) is 4.98 Å². The SMILES string of the molecule is CN(C)c1cccc(C(=O)NCCc2ccc3c(c2)ncn3C)c1. The number of carbonyl (C=O) groups excluding carboxylic acids is 1. The van der Waals surface area contributed by atoms with E-state index in [0.29, 0.717) is 12.1 Å². The van der Waals surface area contributed by atoms with E-state index in [9.17, 15) is 4.79 Å². The Morgan fingerprint density at radius 3 is 2.83 bits per heavy atom. The molecule has 0 saturated heterocycles. The summed E-state index contributed by atoms with van der Waals surface area (Å²) in [6.07, 6.45) is 2.60. The lowest BCUT2D eigenvalue weighted by molar-refractivity contribution is 0.0954. The average molecular weight is 322 g/mol. The van der Waals surface area contributed by atoms with Crippen LogP contribution in [0.25, 0.3) is 11.0 Å². The lowest BCUT2D eigenvalue weighted by Crippen LogP contribution is -2.26. The number of fused-ring (bicyclic) bond motifs is 1. The average Bonchev–Trinajstić information content (AvgIpc) is 2.95. The molecular formula is C19H22N4O. The van der Waals surface area contributed by atoms with Gasteiger partial charge in [-0.05, 0) is 42.3 Å². The largest absolute Gasteiger partial charge is 0.378 e. The quantitative estimate of drug-likeness (QED) is 0.785. The van der Waals surface area contributed by atoms with Crippen LogP contribution in [-0.4, -0.2) is 36.1 Å². The van der Waals surface area contributed by atoms with Crippen molar-refractivity contribution in [2.75, 3.05) is 25.5 Å². The fourth-order valence-electron chi connectivity index (χ4n) is 2.68. The minimum atomic E-state index is -0.0439. The maximum absolute atomic E-state index is 12.3. The van der Waals surface area contributed by atoms with Crippen LogP contribution in [0.4, 0.5) is 5.69 Å². The molecule has 124 valence electrons. The molecule has 1 N–H and O–H groups in total. The number of aromatic nitrogens is 2. The third-order valence-electron chi connectivity index (χ3n) is 4.11. The molecule has 24 heavy (non-hydrogen) atoms. The van der Waals surface area contributed by atoms with Crippen LogP contribution in [0.1, 0.15) is 15.9 Å². The van der Waals surface area contributed by atoms with Crippen molar-refractivity contribution in [2.45, 2.75) is 6.42 Å². The first kappa shape index (κ1) is 16.1. The second-order valence-corrected chi connectivity index (χ2v) is 6.13. The van der Waals surface area contributed by atoms with Crippen LogP contribution in [0.15, 0.2) is 48.8 Å². The Hall–Kier alpha value is -2.82. The second kappa shape index (κ2) is 6.74. The summed E-state index contributed by atoms with van der Waals surface area (Å²) in [6.45, 7) is 0.601. The van der Waals surface area contributed by atoms with E-state index in [1.54, 1.807) is 0 Å². The summed E-state index contributed by atoms with van der Waals surface area (Å²) in [7, 11) is 5.91. The first-order chi connectivity index (χ1) is 11.5. The molecule has 1 aromatic heterocycles. The van der Waals surface area contributed by atoms with Crippen LogP contribution in [0.3, 0.4) is 0 Å². The minimum Gasteiger partial charge on any atom is -0.378 e. The van der Waals surface area contributed by atoms with Crippen molar-refractivity contribution in [1.82, 2.24) is 14.9 Å². The Morgan fingerprint density at radius 1 is 1.21 bits per heavy atom. The first-order valence-corrected chi connectivity index (χ1v) is 8.00. The Balaban J connectivity index is 1.60. The molecule has 0 spiro atoms. The van der Waals surface area contributed by atoms with E-state index in [1.165, 1.54) is 5.56 Å². The maximum atomic E-state index is 12.3. The van der Waals surface area contributed by atoms with E-state index in [2.05, 4.69) is 28.5 Å². The normalized spacial score (nSPS) is 10.8. The summed E-state index contributed by atoms with van der Waals surface area (Å²) in [6, 6.07) is 13.9. The number of hydrogen-bond acceptors (Lipinski definition) is 3. The van der Waals surface area contributed by atoms with Gasteiger partial charge >= 0.3 is 0 Å². The zero-order chi connectivity index (χ0) is 17.1. The van der Waals surface area contributed by atoms with E-state index >= 15 is 0 Å². The summed E-state index contributed by atoms with van der Waals surface area (Å²) < 4.78 is 2.00. The zero-order valence-electron chi connectivity index (χ0n) is 14.3. The molecule has 0 bridgehead atoms. The number of rotatable bonds is 5. The van der Waals surface area contributed by atoms with E-state index in [-0.39, 0.29) is 5.91 Å². The molecule has 0 unspecified atom stereocenters. The van der Waals surface area contributed by atoms with Gasteiger partial charge < -0.3 is 14.8 Å². The molecule has 0 atom stereocenters. The van der Waals surface area contributed by atoms with Crippen LogP contribution in [0, 0.1) is 0 Å². The van der Waals surface area contributed by atoms with Crippen LogP contribution < -0.4 is 10.2 Å². The van der Waals surface area contributed by atoms with Crippen molar-refractivity contribution in [3.8, 4) is 0 Å². The van der Waals surface area contributed by atoms with Gasteiger partial charge in [0.05, 0.1) is 17.4 Å². The number of anilines is 1. The highest BCUT2D eigenvalue weighted by molar-refractivity contribution is 5.95. The fraction of sp³-hybridized carbons (Fsp3) is 0.263. The van der Waals surface area contributed by atoms with Crippen LogP contribution >= 0.6 is 0 Å². The number of carbonyl (C=O) groups is 1. The highest BCUT2D eigenvalue weighted by atomic mass is 16.1. The number of amides is 1. The van der Waals surface area contributed by atoms with Crippen molar-refractivity contribution >= 4 is 22.6 Å². The molecule has 2 aromatic carbocycles. The summed E-state index contributed by atoms with van der Waals surface area (Å²) in [4.78, 5) is 18.6. The van der Waals surface area contributed by atoms with Crippen molar-refractivity contribution in [1.29, 1.82) is 0 Å². The number of imidazole rings is 1. The van der Waals surface area contributed by atoms with Crippen LogP contribution in [0.2, 0.25) is 0 Å².